The Bertz CT molecular complexity index is 453. The van der Waals surface area contributed by atoms with Crippen molar-refractivity contribution in [2.24, 2.45) is 5.41 Å². The second kappa shape index (κ2) is 5.06. The summed E-state index contributed by atoms with van der Waals surface area (Å²) in [6.07, 6.45) is 1.60. The number of aliphatic carboxylic acids is 1. The van der Waals surface area contributed by atoms with Gasteiger partial charge in [-0.25, -0.2) is 4.39 Å². The van der Waals surface area contributed by atoms with E-state index in [0.717, 1.165) is 11.1 Å². The third-order valence-electron chi connectivity index (χ3n) is 3.85. The van der Waals surface area contributed by atoms with Crippen LogP contribution in [0.3, 0.4) is 0 Å². The number of aryl methyl sites for hydroxylation is 1. The summed E-state index contributed by atoms with van der Waals surface area (Å²) in [7, 11) is 0. The van der Waals surface area contributed by atoms with E-state index in [1.165, 1.54) is 12.1 Å². The average Bonchev–Trinajstić information content (AvgIpc) is 2.35. The van der Waals surface area contributed by atoms with Crippen molar-refractivity contribution >= 4 is 5.97 Å². The van der Waals surface area contributed by atoms with E-state index in [1.54, 1.807) is 6.07 Å². The fraction of sp³-hybridized carbons (Fsp3) is 0.500. The molecule has 1 aromatic rings. The molecular weight excluding hydrogens is 233 g/mol. The molecule has 2 rings (SSSR count). The molecule has 0 amide bonds. The number of carbonyl (C=O) groups is 1. The molecule has 1 saturated heterocycles. The third-order valence-corrected chi connectivity index (χ3v) is 3.85. The zero-order valence-electron chi connectivity index (χ0n) is 10.5. The van der Waals surface area contributed by atoms with E-state index < -0.39 is 11.4 Å². The number of carboxylic acids is 1. The van der Waals surface area contributed by atoms with Crippen LogP contribution in [0.2, 0.25) is 0 Å². The summed E-state index contributed by atoms with van der Waals surface area (Å²) in [4.78, 5) is 11.6. The predicted molar refractivity (Wildman–Crippen MR) is 67.0 cm³/mol. The van der Waals surface area contributed by atoms with Crippen LogP contribution in [-0.4, -0.2) is 24.2 Å². The van der Waals surface area contributed by atoms with Crippen molar-refractivity contribution in [1.29, 1.82) is 0 Å². The minimum Gasteiger partial charge on any atom is -0.481 e. The highest BCUT2D eigenvalue weighted by Gasteiger charge is 2.39. The van der Waals surface area contributed by atoms with Gasteiger partial charge < -0.3 is 10.4 Å². The first kappa shape index (κ1) is 13.0. The first-order valence-corrected chi connectivity index (χ1v) is 6.23. The van der Waals surface area contributed by atoms with Crippen molar-refractivity contribution < 1.29 is 14.3 Å². The molecule has 4 heteroatoms. The van der Waals surface area contributed by atoms with E-state index in [2.05, 4.69) is 5.32 Å². The highest BCUT2D eigenvalue weighted by molar-refractivity contribution is 5.75. The minimum atomic E-state index is -0.771. The molecule has 0 aliphatic carbocycles. The van der Waals surface area contributed by atoms with Gasteiger partial charge in [-0.1, -0.05) is 6.07 Å². The second-order valence-corrected chi connectivity index (χ2v) is 5.08. The lowest BCUT2D eigenvalue weighted by atomic mass is 9.73. The number of piperidine rings is 1. The van der Waals surface area contributed by atoms with E-state index in [4.69, 9.17) is 0 Å². The molecule has 0 radical (unpaired) electrons. The normalized spacial score (nSPS) is 18.6. The monoisotopic (exact) mass is 251 g/mol. The molecule has 3 nitrogen and oxygen atoms in total. The van der Waals surface area contributed by atoms with Crippen LogP contribution in [0.1, 0.15) is 24.0 Å². The zero-order chi connectivity index (χ0) is 13.2. The molecule has 2 N–H and O–H groups in total. The van der Waals surface area contributed by atoms with Crippen molar-refractivity contribution in [2.45, 2.75) is 26.2 Å². The van der Waals surface area contributed by atoms with E-state index in [9.17, 15) is 14.3 Å². The van der Waals surface area contributed by atoms with Gasteiger partial charge >= 0.3 is 5.97 Å². The number of carboxylic acid groups (broad SMARTS) is 1. The van der Waals surface area contributed by atoms with Gasteiger partial charge in [0, 0.05) is 0 Å². The van der Waals surface area contributed by atoms with Crippen LogP contribution in [0.25, 0.3) is 0 Å². The summed E-state index contributed by atoms with van der Waals surface area (Å²) in [5, 5.41) is 12.7. The molecule has 98 valence electrons. The first-order chi connectivity index (χ1) is 8.53. The summed E-state index contributed by atoms with van der Waals surface area (Å²) in [6.45, 7) is 3.31. The molecule has 0 aromatic heterocycles. The van der Waals surface area contributed by atoms with Gasteiger partial charge in [-0.2, -0.15) is 0 Å². The highest BCUT2D eigenvalue weighted by atomic mass is 19.1. The lowest BCUT2D eigenvalue weighted by Gasteiger charge is -2.34. The molecule has 18 heavy (non-hydrogen) atoms. The topological polar surface area (TPSA) is 49.3 Å². The van der Waals surface area contributed by atoms with Gasteiger partial charge in [0.1, 0.15) is 5.82 Å². The van der Waals surface area contributed by atoms with Gasteiger partial charge in [0.15, 0.2) is 0 Å². The summed E-state index contributed by atoms with van der Waals surface area (Å²) >= 11 is 0. The maximum absolute atomic E-state index is 13.3. The van der Waals surface area contributed by atoms with Crippen LogP contribution in [0.15, 0.2) is 18.2 Å². The van der Waals surface area contributed by atoms with Crippen molar-refractivity contribution in [3.8, 4) is 0 Å². The van der Waals surface area contributed by atoms with Crippen molar-refractivity contribution in [2.75, 3.05) is 13.1 Å². The fourth-order valence-corrected chi connectivity index (χ4v) is 2.57. The van der Waals surface area contributed by atoms with Crippen molar-refractivity contribution in [1.82, 2.24) is 5.32 Å². The summed E-state index contributed by atoms with van der Waals surface area (Å²) in [5.41, 5.74) is 1.01. The maximum Gasteiger partial charge on any atom is 0.310 e. The minimum absolute atomic E-state index is 0.301. The first-order valence-electron chi connectivity index (χ1n) is 6.23. The van der Waals surface area contributed by atoms with Crippen LogP contribution in [0.5, 0.6) is 0 Å². The largest absolute Gasteiger partial charge is 0.481 e. The number of hydrogen-bond acceptors (Lipinski definition) is 2. The van der Waals surface area contributed by atoms with Crippen molar-refractivity contribution in [3.63, 3.8) is 0 Å². The molecular formula is C14H18FNO2. The average molecular weight is 251 g/mol. The smallest absolute Gasteiger partial charge is 0.310 e. The summed E-state index contributed by atoms with van der Waals surface area (Å²) < 4.78 is 13.3. The summed E-state index contributed by atoms with van der Waals surface area (Å²) in [6, 6.07) is 4.58. The Hall–Kier alpha value is -1.42. The van der Waals surface area contributed by atoms with Crippen molar-refractivity contribution in [3.05, 3.63) is 35.1 Å². The van der Waals surface area contributed by atoms with Crippen LogP contribution < -0.4 is 5.32 Å². The Balaban J connectivity index is 2.28. The third kappa shape index (κ3) is 2.53. The van der Waals surface area contributed by atoms with E-state index >= 15 is 0 Å². The number of benzene rings is 1. The standard InChI is InChI=1S/C14H18FNO2/c1-10-2-3-12(15)8-11(10)9-14(13(17)18)4-6-16-7-5-14/h2-3,8,16H,4-7,9H2,1H3,(H,17,18). The van der Waals surface area contributed by atoms with Crippen LogP contribution in [-0.2, 0) is 11.2 Å². The van der Waals surface area contributed by atoms with Crippen LogP contribution in [0, 0.1) is 18.2 Å². The van der Waals surface area contributed by atoms with Gasteiger partial charge in [0.2, 0.25) is 0 Å². The predicted octanol–water partition coefficient (Wildman–Crippen LogP) is 2.13. The van der Waals surface area contributed by atoms with Gasteiger partial charge in [-0.15, -0.1) is 0 Å². The molecule has 0 atom stereocenters. The fourth-order valence-electron chi connectivity index (χ4n) is 2.57. The zero-order valence-corrected chi connectivity index (χ0v) is 10.5. The lowest BCUT2D eigenvalue weighted by Crippen LogP contribution is -2.43. The molecule has 1 aromatic carbocycles. The van der Waals surface area contributed by atoms with Gasteiger partial charge in [0.25, 0.3) is 0 Å². The quantitative estimate of drug-likeness (QED) is 0.865. The van der Waals surface area contributed by atoms with Gasteiger partial charge in [0.05, 0.1) is 5.41 Å². The van der Waals surface area contributed by atoms with Gasteiger partial charge in [-0.05, 0) is 62.5 Å². The highest BCUT2D eigenvalue weighted by Crippen LogP contribution is 2.34. The maximum atomic E-state index is 13.3. The van der Waals surface area contributed by atoms with E-state index in [1.807, 2.05) is 6.92 Å². The Labute approximate surface area is 106 Å². The number of hydrogen-bond donors (Lipinski definition) is 2. The number of halogens is 1. The Morgan fingerprint density at radius 2 is 2.11 bits per heavy atom. The Morgan fingerprint density at radius 3 is 2.72 bits per heavy atom. The lowest BCUT2D eigenvalue weighted by molar-refractivity contribution is -0.150. The molecule has 0 saturated carbocycles. The molecule has 1 heterocycles. The number of nitrogens with one attached hydrogen (secondary N) is 1. The summed E-state index contributed by atoms with van der Waals surface area (Å²) in [5.74, 6) is -1.07. The van der Waals surface area contributed by atoms with E-state index in [-0.39, 0.29) is 5.82 Å². The molecule has 0 bridgehead atoms. The number of rotatable bonds is 3. The Kier molecular flexibility index (Phi) is 3.66. The Morgan fingerprint density at radius 1 is 1.44 bits per heavy atom. The molecule has 1 fully saturated rings. The molecule has 0 spiro atoms. The molecule has 0 unspecified atom stereocenters. The van der Waals surface area contributed by atoms with Crippen LogP contribution in [0.4, 0.5) is 4.39 Å². The van der Waals surface area contributed by atoms with E-state index in [0.29, 0.717) is 32.4 Å². The van der Waals surface area contributed by atoms with Crippen LogP contribution >= 0.6 is 0 Å². The SMILES string of the molecule is Cc1ccc(F)cc1CC1(C(=O)O)CCNCC1. The van der Waals surface area contributed by atoms with Gasteiger partial charge in [-0.3, -0.25) is 4.79 Å². The molecule has 1 aliphatic heterocycles. The second-order valence-electron chi connectivity index (χ2n) is 5.08. The molecule has 1 aliphatic rings.